The summed E-state index contributed by atoms with van der Waals surface area (Å²) in [4.78, 5) is 24.4. The average molecular weight is 282 g/mol. The molecule has 2 rings (SSSR count). The van der Waals surface area contributed by atoms with E-state index in [0.29, 0.717) is 19.5 Å². The molecule has 0 radical (unpaired) electrons. The first-order chi connectivity index (χ1) is 9.32. The minimum Gasteiger partial charge on any atom is -0.476 e. The summed E-state index contributed by atoms with van der Waals surface area (Å²) in [6, 6.07) is -0.00907. The SMILES string of the molecule is COC(C)(C)CC(=O)N1CC(n2cc(C(=O)O)nn2)C1. The van der Waals surface area contributed by atoms with E-state index in [-0.39, 0.29) is 17.6 Å². The van der Waals surface area contributed by atoms with Crippen molar-refractivity contribution in [3.8, 4) is 0 Å². The zero-order valence-corrected chi connectivity index (χ0v) is 11.7. The number of carboxylic acid groups (broad SMARTS) is 1. The quantitative estimate of drug-likeness (QED) is 0.827. The summed E-state index contributed by atoms with van der Waals surface area (Å²) in [5.41, 5.74) is -0.568. The fraction of sp³-hybridized carbons (Fsp3) is 0.667. The zero-order valence-electron chi connectivity index (χ0n) is 11.7. The number of carboxylic acids is 1. The van der Waals surface area contributed by atoms with Crippen molar-refractivity contribution in [3.05, 3.63) is 11.9 Å². The van der Waals surface area contributed by atoms with Crippen molar-refractivity contribution in [2.75, 3.05) is 20.2 Å². The highest BCUT2D eigenvalue weighted by molar-refractivity contribution is 5.84. The van der Waals surface area contributed by atoms with Crippen molar-refractivity contribution in [1.82, 2.24) is 19.9 Å². The summed E-state index contributed by atoms with van der Waals surface area (Å²) in [7, 11) is 1.58. The first-order valence-corrected chi connectivity index (χ1v) is 6.30. The molecule has 0 atom stereocenters. The third kappa shape index (κ3) is 2.96. The Morgan fingerprint density at radius 1 is 1.50 bits per heavy atom. The molecule has 1 saturated heterocycles. The third-order valence-corrected chi connectivity index (χ3v) is 3.45. The molecular weight excluding hydrogens is 264 g/mol. The second-order valence-corrected chi connectivity index (χ2v) is 5.48. The highest BCUT2D eigenvalue weighted by Crippen LogP contribution is 2.24. The van der Waals surface area contributed by atoms with Crippen LogP contribution in [-0.2, 0) is 9.53 Å². The number of aromatic carboxylic acids is 1. The molecule has 0 saturated carbocycles. The summed E-state index contributed by atoms with van der Waals surface area (Å²) in [5, 5.41) is 16.1. The van der Waals surface area contributed by atoms with E-state index in [1.54, 1.807) is 12.0 Å². The van der Waals surface area contributed by atoms with Gasteiger partial charge >= 0.3 is 5.97 Å². The number of hydrogen-bond donors (Lipinski definition) is 1. The van der Waals surface area contributed by atoms with Crippen molar-refractivity contribution >= 4 is 11.9 Å². The average Bonchev–Trinajstić information content (AvgIpc) is 2.75. The Labute approximate surface area is 116 Å². The number of methoxy groups -OCH3 is 1. The number of carbonyl (C=O) groups is 2. The van der Waals surface area contributed by atoms with Gasteiger partial charge in [0, 0.05) is 20.2 Å². The van der Waals surface area contributed by atoms with Crippen LogP contribution in [0.3, 0.4) is 0 Å². The van der Waals surface area contributed by atoms with E-state index < -0.39 is 11.6 Å². The maximum absolute atomic E-state index is 12.0. The van der Waals surface area contributed by atoms with Gasteiger partial charge in [0.1, 0.15) is 0 Å². The van der Waals surface area contributed by atoms with Gasteiger partial charge in [-0.3, -0.25) is 4.79 Å². The lowest BCUT2D eigenvalue weighted by Gasteiger charge is -2.40. The van der Waals surface area contributed by atoms with Crippen LogP contribution in [0.5, 0.6) is 0 Å². The monoisotopic (exact) mass is 282 g/mol. The molecule has 1 aromatic heterocycles. The van der Waals surface area contributed by atoms with E-state index in [1.165, 1.54) is 10.9 Å². The van der Waals surface area contributed by atoms with Gasteiger partial charge in [-0.15, -0.1) is 5.10 Å². The molecule has 1 fully saturated rings. The largest absolute Gasteiger partial charge is 0.476 e. The lowest BCUT2D eigenvalue weighted by Crippen LogP contribution is -2.52. The van der Waals surface area contributed by atoms with E-state index in [1.807, 2.05) is 13.8 Å². The van der Waals surface area contributed by atoms with Crippen molar-refractivity contribution in [1.29, 1.82) is 0 Å². The standard InChI is InChI=1S/C12H18N4O4/c1-12(2,20-3)4-10(17)15-5-8(6-15)16-7-9(11(18)19)13-14-16/h7-8H,4-6H2,1-3H3,(H,18,19). The van der Waals surface area contributed by atoms with Gasteiger partial charge in [-0.1, -0.05) is 5.21 Å². The predicted octanol–water partition coefficient (Wildman–Crippen LogP) is 0.175. The number of nitrogens with zero attached hydrogens (tertiary/aromatic N) is 4. The van der Waals surface area contributed by atoms with Crippen molar-refractivity contribution < 1.29 is 19.4 Å². The zero-order chi connectivity index (χ0) is 14.9. The van der Waals surface area contributed by atoms with Gasteiger partial charge < -0.3 is 14.7 Å². The van der Waals surface area contributed by atoms with Crippen LogP contribution in [-0.4, -0.2) is 62.7 Å². The maximum Gasteiger partial charge on any atom is 0.358 e. The van der Waals surface area contributed by atoms with Crippen LogP contribution in [0.1, 0.15) is 36.8 Å². The molecule has 1 N–H and O–H groups in total. The van der Waals surface area contributed by atoms with Crippen molar-refractivity contribution in [3.63, 3.8) is 0 Å². The highest BCUT2D eigenvalue weighted by Gasteiger charge is 2.35. The molecule has 8 heteroatoms. The van der Waals surface area contributed by atoms with Crippen LogP contribution in [0.4, 0.5) is 0 Å². The van der Waals surface area contributed by atoms with Crippen LogP contribution in [0.25, 0.3) is 0 Å². The summed E-state index contributed by atoms with van der Waals surface area (Å²) >= 11 is 0. The molecule has 1 amide bonds. The predicted molar refractivity (Wildman–Crippen MR) is 68.3 cm³/mol. The van der Waals surface area contributed by atoms with E-state index in [2.05, 4.69) is 10.3 Å². The molecule has 1 aromatic rings. The number of rotatable bonds is 5. The van der Waals surface area contributed by atoms with Crippen LogP contribution >= 0.6 is 0 Å². The fourth-order valence-electron chi connectivity index (χ4n) is 1.93. The number of likely N-dealkylation sites (tertiary alicyclic amines) is 1. The molecule has 2 heterocycles. The molecule has 1 aliphatic rings. The molecule has 110 valence electrons. The number of aromatic nitrogens is 3. The Balaban J connectivity index is 1.87. The second kappa shape index (κ2) is 5.20. The van der Waals surface area contributed by atoms with E-state index in [9.17, 15) is 9.59 Å². The number of ether oxygens (including phenoxy) is 1. The topological polar surface area (TPSA) is 97.5 Å². The Morgan fingerprint density at radius 2 is 2.15 bits per heavy atom. The molecule has 0 unspecified atom stereocenters. The molecular formula is C12H18N4O4. The third-order valence-electron chi connectivity index (χ3n) is 3.45. The molecule has 0 spiro atoms. The van der Waals surface area contributed by atoms with Gasteiger partial charge in [0.2, 0.25) is 5.91 Å². The van der Waals surface area contributed by atoms with Gasteiger partial charge in [0.25, 0.3) is 0 Å². The Bertz CT molecular complexity index is 519. The number of carbonyl (C=O) groups excluding carboxylic acids is 1. The molecule has 8 nitrogen and oxygen atoms in total. The van der Waals surface area contributed by atoms with Gasteiger partial charge in [0.05, 0.1) is 24.3 Å². The normalized spacial score (nSPS) is 16.1. The highest BCUT2D eigenvalue weighted by atomic mass is 16.5. The summed E-state index contributed by atoms with van der Waals surface area (Å²) in [6.45, 7) is 4.75. The van der Waals surface area contributed by atoms with Gasteiger partial charge in [-0.05, 0) is 13.8 Å². The van der Waals surface area contributed by atoms with E-state index >= 15 is 0 Å². The Kier molecular flexibility index (Phi) is 3.76. The molecule has 20 heavy (non-hydrogen) atoms. The van der Waals surface area contributed by atoms with Gasteiger partial charge in [-0.25, -0.2) is 9.48 Å². The van der Waals surface area contributed by atoms with Crippen LogP contribution < -0.4 is 0 Å². The Hall–Kier alpha value is -1.96. The number of hydrogen-bond acceptors (Lipinski definition) is 5. The van der Waals surface area contributed by atoms with Crippen LogP contribution in [0, 0.1) is 0 Å². The molecule has 0 bridgehead atoms. The van der Waals surface area contributed by atoms with E-state index in [0.717, 1.165) is 0 Å². The second-order valence-electron chi connectivity index (χ2n) is 5.48. The minimum atomic E-state index is -1.11. The van der Waals surface area contributed by atoms with Gasteiger partial charge in [-0.2, -0.15) is 0 Å². The lowest BCUT2D eigenvalue weighted by atomic mass is 10.0. The van der Waals surface area contributed by atoms with E-state index in [4.69, 9.17) is 9.84 Å². The molecule has 0 aliphatic carbocycles. The Morgan fingerprint density at radius 3 is 2.65 bits per heavy atom. The molecule has 1 aliphatic heterocycles. The minimum absolute atomic E-state index is 0.00907. The smallest absolute Gasteiger partial charge is 0.358 e. The molecule has 0 aromatic carbocycles. The number of amides is 1. The lowest BCUT2D eigenvalue weighted by molar-refractivity contribution is -0.142. The summed E-state index contributed by atoms with van der Waals surface area (Å²) in [6.07, 6.45) is 1.70. The maximum atomic E-state index is 12.0. The van der Waals surface area contributed by atoms with Crippen LogP contribution in [0.15, 0.2) is 6.20 Å². The fourth-order valence-corrected chi connectivity index (χ4v) is 1.93. The first kappa shape index (κ1) is 14.4. The summed E-state index contributed by atoms with van der Waals surface area (Å²) < 4.78 is 6.72. The first-order valence-electron chi connectivity index (χ1n) is 6.30. The van der Waals surface area contributed by atoms with Crippen LogP contribution in [0.2, 0.25) is 0 Å². The van der Waals surface area contributed by atoms with Crippen molar-refractivity contribution in [2.24, 2.45) is 0 Å². The summed E-state index contributed by atoms with van der Waals surface area (Å²) in [5.74, 6) is -1.09. The van der Waals surface area contributed by atoms with Gasteiger partial charge in [0.15, 0.2) is 5.69 Å². The van der Waals surface area contributed by atoms with Crippen molar-refractivity contribution in [2.45, 2.75) is 31.9 Å².